The molecular formula is C16H14N4O4. The molecule has 2 aromatic carbocycles. The monoisotopic (exact) mass is 326 g/mol. The molecule has 8 heteroatoms. The first kappa shape index (κ1) is 16.8. The highest BCUT2D eigenvalue weighted by Gasteiger charge is 2.10. The van der Waals surface area contributed by atoms with Crippen molar-refractivity contribution in [2.45, 2.75) is 0 Å². The number of rotatable bonds is 6. The fourth-order valence-corrected chi connectivity index (χ4v) is 1.83. The Balaban J connectivity index is 1.85. The molecule has 0 unspecified atom stereocenters. The predicted octanol–water partition coefficient (Wildman–Crippen LogP) is 1.47. The van der Waals surface area contributed by atoms with Crippen molar-refractivity contribution >= 4 is 23.7 Å². The number of hydrazone groups is 1. The van der Waals surface area contributed by atoms with Crippen LogP contribution in [0, 0.1) is 10.1 Å². The van der Waals surface area contributed by atoms with Gasteiger partial charge in [0, 0.05) is 11.6 Å². The van der Waals surface area contributed by atoms with Gasteiger partial charge < -0.3 is 5.32 Å². The Kier molecular flexibility index (Phi) is 5.73. The lowest BCUT2D eigenvalue weighted by molar-refractivity contribution is -0.385. The van der Waals surface area contributed by atoms with Crippen LogP contribution in [-0.4, -0.2) is 29.5 Å². The van der Waals surface area contributed by atoms with E-state index in [0.717, 1.165) is 0 Å². The van der Waals surface area contributed by atoms with Crippen LogP contribution in [0.5, 0.6) is 0 Å². The molecule has 2 rings (SSSR count). The lowest BCUT2D eigenvalue weighted by Gasteiger charge is -2.04. The summed E-state index contributed by atoms with van der Waals surface area (Å²) in [7, 11) is 0. The average molecular weight is 326 g/mol. The van der Waals surface area contributed by atoms with Gasteiger partial charge in [-0.3, -0.25) is 19.7 Å². The lowest BCUT2D eigenvalue weighted by atomic mass is 10.2. The van der Waals surface area contributed by atoms with Crippen LogP contribution in [0.4, 0.5) is 5.69 Å². The number of nitro groups is 1. The van der Waals surface area contributed by atoms with Crippen molar-refractivity contribution in [2.24, 2.45) is 5.10 Å². The van der Waals surface area contributed by atoms with Crippen molar-refractivity contribution in [3.8, 4) is 0 Å². The molecule has 0 radical (unpaired) electrons. The number of nitrogens with zero attached hydrogens (tertiary/aromatic N) is 2. The van der Waals surface area contributed by atoms with E-state index in [0.29, 0.717) is 5.56 Å². The van der Waals surface area contributed by atoms with E-state index in [4.69, 9.17) is 0 Å². The minimum atomic E-state index is -0.547. The SMILES string of the molecule is O=C(CNC(=O)c1ccccc1)N/N=C\c1ccccc1[N+](=O)[O-]. The molecule has 122 valence electrons. The van der Waals surface area contributed by atoms with E-state index in [9.17, 15) is 19.7 Å². The zero-order valence-corrected chi connectivity index (χ0v) is 12.5. The zero-order chi connectivity index (χ0) is 17.4. The Labute approximate surface area is 137 Å². The second-order valence-electron chi connectivity index (χ2n) is 4.66. The molecule has 0 aromatic heterocycles. The van der Waals surface area contributed by atoms with Crippen LogP contribution in [0.15, 0.2) is 59.7 Å². The quantitative estimate of drug-likeness (QED) is 0.475. The first-order valence-corrected chi connectivity index (χ1v) is 6.96. The molecule has 0 spiro atoms. The summed E-state index contributed by atoms with van der Waals surface area (Å²) >= 11 is 0. The number of benzene rings is 2. The van der Waals surface area contributed by atoms with Crippen molar-refractivity contribution in [1.82, 2.24) is 10.7 Å². The van der Waals surface area contributed by atoms with Gasteiger partial charge in [0.2, 0.25) is 0 Å². The summed E-state index contributed by atoms with van der Waals surface area (Å²) in [4.78, 5) is 33.7. The molecule has 0 saturated carbocycles. The number of hydrogen-bond donors (Lipinski definition) is 2. The van der Waals surface area contributed by atoms with Crippen LogP contribution >= 0.6 is 0 Å². The smallest absolute Gasteiger partial charge is 0.278 e. The van der Waals surface area contributed by atoms with E-state index in [1.807, 2.05) is 0 Å². The van der Waals surface area contributed by atoms with Crippen molar-refractivity contribution in [1.29, 1.82) is 0 Å². The highest BCUT2D eigenvalue weighted by atomic mass is 16.6. The van der Waals surface area contributed by atoms with Crippen LogP contribution in [0.2, 0.25) is 0 Å². The number of carbonyl (C=O) groups is 2. The molecule has 0 bridgehead atoms. The fraction of sp³-hybridized carbons (Fsp3) is 0.0625. The standard InChI is InChI=1S/C16H14N4O4/c21-15(11-17-16(22)12-6-2-1-3-7-12)19-18-10-13-8-4-5-9-14(13)20(23)24/h1-10H,11H2,(H,17,22)(H,19,21)/b18-10-. The van der Waals surface area contributed by atoms with Gasteiger partial charge in [-0.2, -0.15) is 5.10 Å². The van der Waals surface area contributed by atoms with Crippen LogP contribution in [0.1, 0.15) is 15.9 Å². The van der Waals surface area contributed by atoms with Gasteiger partial charge in [-0.25, -0.2) is 5.43 Å². The topological polar surface area (TPSA) is 114 Å². The largest absolute Gasteiger partial charge is 0.343 e. The minimum absolute atomic E-state index is 0.118. The number of para-hydroxylation sites is 1. The van der Waals surface area contributed by atoms with Crippen molar-refractivity contribution < 1.29 is 14.5 Å². The van der Waals surface area contributed by atoms with E-state index in [2.05, 4.69) is 15.8 Å². The summed E-state index contributed by atoms with van der Waals surface area (Å²) in [6, 6.07) is 14.5. The summed E-state index contributed by atoms with van der Waals surface area (Å²) in [6.45, 7) is -0.262. The molecule has 0 atom stereocenters. The van der Waals surface area contributed by atoms with E-state index in [-0.39, 0.29) is 23.7 Å². The molecule has 2 N–H and O–H groups in total. The normalized spacial score (nSPS) is 10.3. The molecule has 0 fully saturated rings. The summed E-state index contributed by atoms with van der Waals surface area (Å²) < 4.78 is 0. The van der Waals surface area contributed by atoms with Crippen LogP contribution in [-0.2, 0) is 4.79 Å². The summed E-state index contributed by atoms with van der Waals surface area (Å²) in [5, 5.41) is 16.9. The van der Waals surface area contributed by atoms with Crippen LogP contribution in [0.3, 0.4) is 0 Å². The van der Waals surface area contributed by atoms with E-state index in [1.54, 1.807) is 36.4 Å². The molecule has 0 heterocycles. The summed E-state index contributed by atoms with van der Waals surface area (Å²) in [5.41, 5.74) is 2.78. The van der Waals surface area contributed by atoms with Gasteiger partial charge in [-0.15, -0.1) is 0 Å². The predicted molar refractivity (Wildman–Crippen MR) is 87.6 cm³/mol. The molecule has 0 aliphatic heterocycles. The number of carbonyl (C=O) groups excluding carboxylic acids is 2. The number of hydrogen-bond acceptors (Lipinski definition) is 5. The highest BCUT2D eigenvalue weighted by Crippen LogP contribution is 2.14. The van der Waals surface area contributed by atoms with Gasteiger partial charge in [0.15, 0.2) is 0 Å². The molecule has 24 heavy (non-hydrogen) atoms. The maximum atomic E-state index is 11.8. The molecule has 8 nitrogen and oxygen atoms in total. The first-order valence-electron chi connectivity index (χ1n) is 6.96. The Morgan fingerprint density at radius 3 is 2.46 bits per heavy atom. The van der Waals surface area contributed by atoms with Crippen molar-refractivity contribution in [2.75, 3.05) is 6.54 Å². The third-order valence-electron chi connectivity index (χ3n) is 2.97. The van der Waals surface area contributed by atoms with Gasteiger partial charge in [0.05, 0.1) is 23.2 Å². The maximum absolute atomic E-state index is 11.8. The number of amides is 2. The van der Waals surface area contributed by atoms with Crippen LogP contribution < -0.4 is 10.7 Å². The molecular weight excluding hydrogens is 312 g/mol. The molecule has 0 aliphatic carbocycles. The number of nitrogens with one attached hydrogen (secondary N) is 2. The molecule has 0 aliphatic rings. The van der Waals surface area contributed by atoms with E-state index >= 15 is 0 Å². The van der Waals surface area contributed by atoms with E-state index < -0.39 is 10.8 Å². The maximum Gasteiger partial charge on any atom is 0.278 e. The zero-order valence-electron chi connectivity index (χ0n) is 12.5. The van der Waals surface area contributed by atoms with Crippen LogP contribution in [0.25, 0.3) is 0 Å². The van der Waals surface area contributed by atoms with Gasteiger partial charge >= 0.3 is 0 Å². The van der Waals surface area contributed by atoms with Gasteiger partial charge in [0.25, 0.3) is 17.5 Å². The Morgan fingerprint density at radius 1 is 1.08 bits per heavy atom. The lowest BCUT2D eigenvalue weighted by Crippen LogP contribution is -2.34. The first-order chi connectivity index (χ1) is 11.6. The fourth-order valence-electron chi connectivity index (χ4n) is 1.83. The van der Waals surface area contributed by atoms with Gasteiger partial charge in [-0.05, 0) is 18.2 Å². The highest BCUT2D eigenvalue weighted by molar-refractivity contribution is 5.96. The molecule has 0 saturated heterocycles. The van der Waals surface area contributed by atoms with Gasteiger partial charge in [0.1, 0.15) is 0 Å². The molecule has 2 aromatic rings. The Hall–Kier alpha value is -3.55. The third kappa shape index (κ3) is 4.73. The summed E-state index contributed by atoms with van der Waals surface area (Å²) in [5.74, 6) is -0.928. The van der Waals surface area contributed by atoms with Gasteiger partial charge in [-0.1, -0.05) is 30.3 Å². The number of nitro benzene ring substituents is 1. The summed E-state index contributed by atoms with van der Waals surface area (Å²) in [6.07, 6.45) is 1.18. The Bertz CT molecular complexity index is 775. The van der Waals surface area contributed by atoms with E-state index in [1.165, 1.54) is 24.4 Å². The average Bonchev–Trinajstić information content (AvgIpc) is 2.60. The second kappa shape index (κ2) is 8.18. The van der Waals surface area contributed by atoms with Crippen molar-refractivity contribution in [3.63, 3.8) is 0 Å². The Morgan fingerprint density at radius 2 is 1.75 bits per heavy atom. The second-order valence-corrected chi connectivity index (χ2v) is 4.66. The third-order valence-corrected chi connectivity index (χ3v) is 2.97. The molecule has 2 amide bonds. The minimum Gasteiger partial charge on any atom is -0.343 e. The van der Waals surface area contributed by atoms with Crippen molar-refractivity contribution in [3.05, 3.63) is 75.8 Å².